The quantitative estimate of drug-likeness (QED) is 0.549. The largest absolute Gasteiger partial charge is 0.368 e. The van der Waals surface area contributed by atoms with Crippen LogP contribution in [0.2, 0.25) is 0 Å². The highest BCUT2D eigenvalue weighted by Gasteiger charge is 2.29. The van der Waals surface area contributed by atoms with Crippen LogP contribution in [0.1, 0.15) is 6.42 Å². The number of nitrogens with zero attached hydrogens (tertiary/aromatic N) is 3. The summed E-state index contributed by atoms with van der Waals surface area (Å²) in [6.45, 7) is 0.363. The van der Waals surface area contributed by atoms with Gasteiger partial charge >= 0.3 is 0 Å². The predicted octanol–water partition coefficient (Wildman–Crippen LogP) is -1.95. The summed E-state index contributed by atoms with van der Waals surface area (Å²) in [6.07, 6.45) is 1.56. The number of fused-ring (bicyclic) bond motifs is 1. The van der Waals surface area contributed by atoms with Gasteiger partial charge in [0.05, 0.1) is 18.5 Å². The first-order valence-electron chi connectivity index (χ1n) is 4.81. The van der Waals surface area contributed by atoms with E-state index in [9.17, 15) is 9.59 Å². The van der Waals surface area contributed by atoms with Crippen LogP contribution in [0.5, 0.6) is 0 Å². The molecule has 0 saturated heterocycles. The van der Waals surface area contributed by atoms with Crippen LogP contribution < -0.4 is 16.8 Å². The number of nitrogens with two attached hydrogens (primary N) is 2. The molecule has 5 N–H and O–H groups in total. The molecule has 1 aliphatic heterocycles. The van der Waals surface area contributed by atoms with Crippen molar-refractivity contribution >= 4 is 17.8 Å². The molecule has 2 rings (SSSR count). The fourth-order valence-electron chi connectivity index (χ4n) is 1.60. The summed E-state index contributed by atoms with van der Waals surface area (Å²) in [5, 5.41) is 6.50. The van der Waals surface area contributed by atoms with Crippen LogP contribution in [0.15, 0.2) is 6.33 Å². The van der Waals surface area contributed by atoms with E-state index in [1.165, 1.54) is 6.33 Å². The van der Waals surface area contributed by atoms with Crippen molar-refractivity contribution in [1.29, 1.82) is 0 Å². The Kier molecular flexibility index (Phi) is 2.57. The fraction of sp³-hybridized carbons (Fsp3) is 0.500. The molecule has 86 valence electrons. The first kappa shape index (κ1) is 10.6. The second-order valence-electron chi connectivity index (χ2n) is 3.70. The third kappa shape index (κ3) is 1.87. The number of carbonyl (C=O) groups excluding carboxylic acids is 2. The Morgan fingerprint density at radius 1 is 1.75 bits per heavy atom. The summed E-state index contributed by atoms with van der Waals surface area (Å²) >= 11 is 0. The number of nitrogens with one attached hydrogen (secondary N) is 1. The van der Waals surface area contributed by atoms with Gasteiger partial charge in [-0.1, -0.05) is 0 Å². The van der Waals surface area contributed by atoms with Crippen LogP contribution in [-0.2, 0) is 16.1 Å². The van der Waals surface area contributed by atoms with Crippen molar-refractivity contribution in [2.75, 3.05) is 5.32 Å². The minimum Gasteiger partial charge on any atom is -0.368 e. The number of carbonyl (C=O) groups is 2. The molecule has 1 aromatic rings. The van der Waals surface area contributed by atoms with Gasteiger partial charge in [-0.2, -0.15) is 10.1 Å². The summed E-state index contributed by atoms with van der Waals surface area (Å²) < 4.78 is 1.56. The Bertz CT molecular complexity index is 428. The highest BCUT2D eigenvalue weighted by molar-refractivity contribution is 5.92. The van der Waals surface area contributed by atoms with Crippen molar-refractivity contribution in [3.8, 4) is 0 Å². The van der Waals surface area contributed by atoms with Crippen LogP contribution in [-0.4, -0.2) is 32.6 Å². The average Bonchev–Trinajstić information content (AvgIpc) is 2.65. The molecule has 0 spiro atoms. The molecule has 0 aromatic carbocycles. The van der Waals surface area contributed by atoms with Gasteiger partial charge < -0.3 is 11.5 Å². The molecule has 0 radical (unpaired) electrons. The molecular weight excluding hydrogens is 212 g/mol. The zero-order valence-corrected chi connectivity index (χ0v) is 8.46. The predicted molar refractivity (Wildman–Crippen MR) is 53.9 cm³/mol. The van der Waals surface area contributed by atoms with Crippen LogP contribution in [0.25, 0.3) is 0 Å². The van der Waals surface area contributed by atoms with E-state index in [1.807, 2.05) is 0 Å². The lowest BCUT2D eigenvalue weighted by molar-refractivity contribution is -0.122. The second kappa shape index (κ2) is 3.89. The van der Waals surface area contributed by atoms with Crippen molar-refractivity contribution < 1.29 is 9.59 Å². The topological polar surface area (TPSA) is 129 Å². The Hall–Kier alpha value is -1.96. The number of hydrogen-bond donors (Lipinski definition) is 3. The van der Waals surface area contributed by atoms with E-state index in [2.05, 4.69) is 15.4 Å². The number of aromatic nitrogens is 3. The van der Waals surface area contributed by atoms with Gasteiger partial charge in [0.1, 0.15) is 6.33 Å². The maximum Gasteiger partial charge on any atom is 0.234 e. The summed E-state index contributed by atoms with van der Waals surface area (Å²) in [5.41, 5.74) is 10.5. The zero-order valence-electron chi connectivity index (χ0n) is 8.46. The van der Waals surface area contributed by atoms with Crippen molar-refractivity contribution in [1.82, 2.24) is 14.8 Å². The van der Waals surface area contributed by atoms with E-state index in [1.54, 1.807) is 4.68 Å². The molecule has 0 bridgehead atoms. The molecule has 8 heteroatoms. The minimum atomic E-state index is -0.819. The first-order chi connectivity index (χ1) is 7.58. The second-order valence-corrected chi connectivity index (χ2v) is 3.70. The van der Waals surface area contributed by atoms with Crippen molar-refractivity contribution in [2.24, 2.45) is 17.4 Å². The van der Waals surface area contributed by atoms with Gasteiger partial charge in [-0.05, 0) is 6.42 Å². The van der Waals surface area contributed by atoms with Crippen LogP contribution in [0.4, 0.5) is 5.95 Å². The summed E-state index contributed by atoms with van der Waals surface area (Å²) in [7, 11) is 0. The van der Waals surface area contributed by atoms with Crippen LogP contribution in [0.3, 0.4) is 0 Å². The molecule has 1 aliphatic rings. The maximum atomic E-state index is 11.6. The molecule has 16 heavy (non-hydrogen) atoms. The van der Waals surface area contributed by atoms with Gasteiger partial charge in [0, 0.05) is 0 Å². The number of rotatable bonds is 3. The van der Waals surface area contributed by atoms with E-state index in [0.717, 1.165) is 0 Å². The van der Waals surface area contributed by atoms with Crippen molar-refractivity contribution in [2.45, 2.75) is 19.0 Å². The standard InChI is InChI=1S/C8H12N6O2/c9-5(6(10)15)1-4-2-14-8(11-3-12-14)13-7(4)16/h3-5H,1-2,9H2,(H2,10,15)(H,11,12,13,16)/t4?,5-/m0/s1. The van der Waals surface area contributed by atoms with E-state index in [0.29, 0.717) is 12.5 Å². The molecule has 2 heterocycles. The number of anilines is 1. The van der Waals surface area contributed by atoms with Gasteiger partial charge in [0.2, 0.25) is 17.8 Å². The van der Waals surface area contributed by atoms with Gasteiger partial charge in [0.15, 0.2) is 0 Å². The lowest BCUT2D eigenvalue weighted by Gasteiger charge is -2.23. The van der Waals surface area contributed by atoms with E-state index >= 15 is 0 Å². The van der Waals surface area contributed by atoms with Gasteiger partial charge in [-0.3, -0.25) is 14.9 Å². The summed E-state index contributed by atoms with van der Waals surface area (Å²) in [6, 6.07) is -0.819. The van der Waals surface area contributed by atoms with Crippen LogP contribution >= 0.6 is 0 Å². The molecular formula is C8H12N6O2. The molecule has 2 atom stereocenters. The smallest absolute Gasteiger partial charge is 0.234 e. The van der Waals surface area contributed by atoms with E-state index in [-0.39, 0.29) is 12.3 Å². The molecule has 8 nitrogen and oxygen atoms in total. The third-order valence-corrected chi connectivity index (χ3v) is 2.52. The minimum absolute atomic E-state index is 0.209. The van der Waals surface area contributed by atoms with Crippen LogP contribution in [0, 0.1) is 5.92 Å². The first-order valence-corrected chi connectivity index (χ1v) is 4.81. The Labute approximate surface area is 91.0 Å². The number of hydrogen-bond acceptors (Lipinski definition) is 5. The molecule has 1 aromatic heterocycles. The highest BCUT2D eigenvalue weighted by atomic mass is 16.2. The molecule has 1 unspecified atom stereocenters. The highest BCUT2D eigenvalue weighted by Crippen LogP contribution is 2.18. The monoisotopic (exact) mass is 224 g/mol. The zero-order chi connectivity index (χ0) is 11.7. The molecule has 2 amide bonds. The van der Waals surface area contributed by atoms with Gasteiger partial charge in [-0.25, -0.2) is 4.68 Å². The lowest BCUT2D eigenvalue weighted by atomic mass is 9.98. The van der Waals surface area contributed by atoms with E-state index in [4.69, 9.17) is 11.5 Å². The normalized spacial score (nSPS) is 21.1. The molecule has 0 aliphatic carbocycles. The Balaban J connectivity index is 2.08. The fourth-order valence-corrected chi connectivity index (χ4v) is 1.60. The summed E-state index contributed by atoms with van der Waals surface area (Å²) in [5.74, 6) is -0.819. The van der Waals surface area contributed by atoms with Gasteiger partial charge in [-0.15, -0.1) is 0 Å². The average molecular weight is 224 g/mol. The van der Waals surface area contributed by atoms with Crippen molar-refractivity contribution in [3.63, 3.8) is 0 Å². The lowest BCUT2D eigenvalue weighted by Crippen LogP contribution is -2.43. The SMILES string of the molecule is NC(=O)[C@@H](N)CC1Cn2ncnc2NC1=O. The molecule has 0 saturated carbocycles. The van der Waals surface area contributed by atoms with E-state index < -0.39 is 17.9 Å². The third-order valence-electron chi connectivity index (χ3n) is 2.52. The number of amides is 2. The summed E-state index contributed by atoms with van der Waals surface area (Å²) in [4.78, 5) is 26.3. The van der Waals surface area contributed by atoms with Crippen molar-refractivity contribution in [3.05, 3.63) is 6.33 Å². The Morgan fingerprint density at radius 2 is 2.50 bits per heavy atom. The van der Waals surface area contributed by atoms with Gasteiger partial charge in [0.25, 0.3) is 0 Å². The molecule has 0 fully saturated rings. The number of primary amides is 1. The maximum absolute atomic E-state index is 11.6. The Morgan fingerprint density at radius 3 is 3.19 bits per heavy atom.